The smallest absolute Gasteiger partial charge is 0.224 e. The monoisotopic (exact) mass is 267 g/mol. The molecule has 1 heterocycles. The molecule has 0 aliphatic heterocycles. The summed E-state index contributed by atoms with van der Waals surface area (Å²) in [4.78, 5) is 7.85. The van der Waals surface area contributed by atoms with Crippen molar-refractivity contribution in [2.75, 3.05) is 5.32 Å². The van der Waals surface area contributed by atoms with Gasteiger partial charge in [-0.25, -0.2) is 4.98 Å². The SMILES string of the molecule is Cc1ccc(C)c(Nc2nc(Cl)ncc2Cl)c1. The molecule has 17 heavy (non-hydrogen) atoms. The molecular weight excluding hydrogens is 257 g/mol. The molecule has 0 aliphatic carbocycles. The first-order chi connectivity index (χ1) is 8.06. The van der Waals surface area contributed by atoms with Crippen LogP contribution < -0.4 is 5.32 Å². The Morgan fingerprint density at radius 3 is 2.71 bits per heavy atom. The van der Waals surface area contributed by atoms with Crippen LogP contribution in [-0.2, 0) is 0 Å². The lowest BCUT2D eigenvalue weighted by atomic mass is 10.1. The zero-order valence-corrected chi connectivity index (χ0v) is 11.0. The molecule has 0 bridgehead atoms. The first-order valence-corrected chi connectivity index (χ1v) is 5.84. The highest BCUT2D eigenvalue weighted by Crippen LogP contribution is 2.26. The minimum absolute atomic E-state index is 0.169. The lowest BCUT2D eigenvalue weighted by molar-refractivity contribution is 1.16. The Balaban J connectivity index is 2.37. The molecular formula is C12H11Cl2N3. The second-order valence-electron chi connectivity index (χ2n) is 3.78. The van der Waals surface area contributed by atoms with E-state index in [0.29, 0.717) is 10.8 Å². The zero-order valence-electron chi connectivity index (χ0n) is 9.46. The molecule has 1 N–H and O–H groups in total. The van der Waals surface area contributed by atoms with Gasteiger partial charge in [-0.1, -0.05) is 23.7 Å². The summed E-state index contributed by atoms with van der Waals surface area (Å²) in [5, 5.41) is 3.76. The molecule has 0 atom stereocenters. The van der Waals surface area contributed by atoms with Crippen molar-refractivity contribution in [3.05, 3.63) is 45.8 Å². The van der Waals surface area contributed by atoms with E-state index in [-0.39, 0.29) is 5.28 Å². The van der Waals surface area contributed by atoms with Crippen molar-refractivity contribution in [2.24, 2.45) is 0 Å². The molecule has 1 aromatic heterocycles. The lowest BCUT2D eigenvalue weighted by Crippen LogP contribution is -1.98. The minimum atomic E-state index is 0.169. The van der Waals surface area contributed by atoms with Gasteiger partial charge < -0.3 is 5.32 Å². The van der Waals surface area contributed by atoms with Crippen LogP contribution in [0.3, 0.4) is 0 Å². The molecule has 0 saturated carbocycles. The van der Waals surface area contributed by atoms with E-state index in [4.69, 9.17) is 23.2 Å². The van der Waals surface area contributed by atoms with E-state index in [1.807, 2.05) is 26.0 Å². The van der Waals surface area contributed by atoms with Crippen LogP contribution in [0.25, 0.3) is 0 Å². The first-order valence-electron chi connectivity index (χ1n) is 5.08. The summed E-state index contributed by atoms with van der Waals surface area (Å²) < 4.78 is 0. The van der Waals surface area contributed by atoms with Gasteiger partial charge in [-0.15, -0.1) is 0 Å². The molecule has 0 unspecified atom stereocenters. The van der Waals surface area contributed by atoms with E-state index in [2.05, 4.69) is 21.4 Å². The third-order valence-electron chi connectivity index (χ3n) is 2.36. The average molecular weight is 268 g/mol. The van der Waals surface area contributed by atoms with Gasteiger partial charge >= 0.3 is 0 Å². The highest BCUT2D eigenvalue weighted by atomic mass is 35.5. The number of halogens is 2. The van der Waals surface area contributed by atoms with Crippen molar-refractivity contribution in [1.29, 1.82) is 0 Å². The molecule has 0 fully saturated rings. The summed E-state index contributed by atoms with van der Waals surface area (Å²) in [6.07, 6.45) is 1.48. The van der Waals surface area contributed by atoms with Gasteiger partial charge in [0.15, 0.2) is 5.82 Å². The summed E-state index contributed by atoms with van der Waals surface area (Å²) in [7, 11) is 0. The second kappa shape index (κ2) is 4.90. The van der Waals surface area contributed by atoms with Crippen molar-refractivity contribution < 1.29 is 0 Å². The van der Waals surface area contributed by atoms with Gasteiger partial charge in [0.05, 0.1) is 6.20 Å². The Labute approximate surface area is 110 Å². The van der Waals surface area contributed by atoms with Crippen molar-refractivity contribution in [3.63, 3.8) is 0 Å². The number of benzene rings is 1. The predicted octanol–water partition coefficient (Wildman–Crippen LogP) is 4.14. The minimum Gasteiger partial charge on any atom is -0.339 e. The van der Waals surface area contributed by atoms with E-state index in [9.17, 15) is 0 Å². The molecule has 1 aromatic carbocycles. The van der Waals surface area contributed by atoms with Crippen LogP contribution in [0.1, 0.15) is 11.1 Å². The zero-order chi connectivity index (χ0) is 12.4. The van der Waals surface area contributed by atoms with Gasteiger partial charge in [0, 0.05) is 5.69 Å². The number of anilines is 2. The molecule has 0 amide bonds. The molecule has 2 aromatic rings. The van der Waals surface area contributed by atoms with Crippen LogP contribution in [0.4, 0.5) is 11.5 Å². The van der Waals surface area contributed by atoms with Crippen LogP contribution in [0.2, 0.25) is 10.3 Å². The van der Waals surface area contributed by atoms with Gasteiger partial charge in [0.2, 0.25) is 5.28 Å². The fourth-order valence-electron chi connectivity index (χ4n) is 1.43. The van der Waals surface area contributed by atoms with Gasteiger partial charge in [0.1, 0.15) is 5.02 Å². The van der Waals surface area contributed by atoms with Crippen LogP contribution in [0.15, 0.2) is 24.4 Å². The molecule has 2 rings (SSSR count). The Morgan fingerprint density at radius 1 is 1.18 bits per heavy atom. The standard InChI is InChI=1S/C12H11Cl2N3/c1-7-3-4-8(2)10(5-7)16-11-9(13)6-15-12(14)17-11/h3-6H,1-2H3,(H,15,16,17). The van der Waals surface area contributed by atoms with Gasteiger partial charge in [-0.05, 0) is 42.6 Å². The summed E-state index contributed by atoms with van der Waals surface area (Å²) in [5.41, 5.74) is 3.23. The number of aryl methyl sites for hydroxylation is 2. The Kier molecular flexibility index (Phi) is 3.50. The molecule has 88 valence electrons. The van der Waals surface area contributed by atoms with Gasteiger partial charge in [0.25, 0.3) is 0 Å². The van der Waals surface area contributed by atoms with Gasteiger partial charge in [-0.2, -0.15) is 4.98 Å². The van der Waals surface area contributed by atoms with E-state index in [1.54, 1.807) is 0 Å². The average Bonchev–Trinajstić information content (AvgIpc) is 2.28. The molecule has 0 spiro atoms. The number of rotatable bonds is 2. The molecule has 0 saturated heterocycles. The first kappa shape index (κ1) is 12.1. The van der Waals surface area contributed by atoms with E-state index in [1.165, 1.54) is 6.20 Å². The highest BCUT2D eigenvalue weighted by molar-refractivity contribution is 6.33. The topological polar surface area (TPSA) is 37.8 Å². The van der Waals surface area contributed by atoms with Crippen LogP contribution in [0.5, 0.6) is 0 Å². The Hall–Kier alpha value is -1.32. The Morgan fingerprint density at radius 2 is 1.94 bits per heavy atom. The van der Waals surface area contributed by atoms with Crippen LogP contribution in [-0.4, -0.2) is 9.97 Å². The fraction of sp³-hybridized carbons (Fsp3) is 0.167. The maximum absolute atomic E-state index is 5.99. The number of aromatic nitrogens is 2. The highest BCUT2D eigenvalue weighted by Gasteiger charge is 2.06. The lowest BCUT2D eigenvalue weighted by Gasteiger charge is -2.10. The van der Waals surface area contributed by atoms with Crippen molar-refractivity contribution in [3.8, 4) is 0 Å². The molecule has 0 radical (unpaired) electrons. The molecule has 3 nitrogen and oxygen atoms in total. The van der Waals surface area contributed by atoms with Crippen molar-refractivity contribution in [1.82, 2.24) is 9.97 Å². The van der Waals surface area contributed by atoms with E-state index in [0.717, 1.165) is 16.8 Å². The second-order valence-corrected chi connectivity index (χ2v) is 4.52. The number of hydrogen-bond acceptors (Lipinski definition) is 3. The Bertz CT molecular complexity index is 506. The predicted molar refractivity (Wildman–Crippen MR) is 71.3 cm³/mol. The number of hydrogen-bond donors (Lipinski definition) is 1. The van der Waals surface area contributed by atoms with E-state index >= 15 is 0 Å². The van der Waals surface area contributed by atoms with Crippen molar-refractivity contribution >= 4 is 34.7 Å². The van der Waals surface area contributed by atoms with E-state index < -0.39 is 0 Å². The quantitative estimate of drug-likeness (QED) is 0.831. The fourth-order valence-corrected chi connectivity index (χ4v) is 1.70. The van der Waals surface area contributed by atoms with Crippen molar-refractivity contribution in [2.45, 2.75) is 13.8 Å². The summed E-state index contributed by atoms with van der Waals surface area (Å²) >= 11 is 11.7. The largest absolute Gasteiger partial charge is 0.339 e. The van der Waals surface area contributed by atoms with Gasteiger partial charge in [-0.3, -0.25) is 0 Å². The maximum atomic E-state index is 5.99. The third kappa shape index (κ3) is 2.87. The normalized spacial score (nSPS) is 10.4. The third-order valence-corrected chi connectivity index (χ3v) is 2.82. The molecule has 0 aliphatic rings. The summed E-state index contributed by atoms with van der Waals surface area (Å²) in [6.45, 7) is 4.04. The molecule has 5 heteroatoms. The van der Waals surface area contributed by atoms with Crippen LogP contribution in [0, 0.1) is 13.8 Å². The maximum Gasteiger partial charge on any atom is 0.224 e. The summed E-state index contributed by atoms with van der Waals surface area (Å²) in [5.74, 6) is 0.514. The number of nitrogens with zero attached hydrogens (tertiary/aromatic N) is 2. The number of nitrogens with one attached hydrogen (secondary N) is 1. The van der Waals surface area contributed by atoms with Crippen LogP contribution >= 0.6 is 23.2 Å². The summed E-state index contributed by atoms with van der Waals surface area (Å²) in [6, 6.07) is 6.12.